The molecule has 0 aromatic heterocycles. The lowest BCUT2D eigenvalue weighted by molar-refractivity contribution is 0.0244. The first-order valence-electron chi connectivity index (χ1n) is 3.21. The molecular weight excluding hydrogens is 156 g/mol. The van der Waals surface area contributed by atoms with E-state index in [1.165, 1.54) is 0 Å². The summed E-state index contributed by atoms with van der Waals surface area (Å²) in [6.45, 7) is 1.63. The molecule has 0 aliphatic carbocycles. The average molecular weight is 168 g/mol. The molecule has 0 N–H and O–H groups in total. The molecule has 0 spiro atoms. The molecule has 0 amide bonds. The van der Waals surface area contributed by atoms with Gasteiger partial charge in [-0.3, -0.25) is 0 Å². The van der Waals surface area contributed by atoms with Gasteiger partial charge in [0, 0.05) is 5.88 Å². The zero-order valence-electron chi connectivity index (χ0n) is 5.85. The van der Waals surface area contributed by atoms with E-state index >= 15 is 0 Å². The quantitative estimate of drug-likeness (QED) is 0.413. The Morgan fingerprint density at radius 3 is 2.10 bits per heavy atom. The second-order valence-corrected chi connectivity index (χ2v) is 2.00. The minimum Gasteiger partial charge on any atom is -0.378 e. The van der Waals surface area contributed by atoms with Crippen molar-refractivity contribution in [3.05, 3.63) is 0 Å². The van der Waals surface area contributed by atoms with Crippen molar-refractivity contribution in [2.45, 2.75) is 0 Å². The highest BCUT2D eigenvalue weighted by molar-refractivity contribution is 6.17. The fourth-order valence-electron chi connectivity index (χ4n) is 0.435. The molecular formula is C6H12ClO3. The molecule has 1 radical (unpaired) electrons. The molecule has 0 saturated carbocycles. The highest BCUT2D eigenvalue weighted by Gasteiger charge is 1.87. The van der Waals surface area contributed by atoms with Crippen molar-refractivity contribution in [1.82, 2.24) is 0 Å². The number of hydrogen-bond acceptors (Lipinski definition) is 2. The molecule has 0 saturated heterocycles. The first-order valence-corrected chi connectivity index (χ1v) is 3.75. The summed E-state index contributed by atoms with van der Waals surface area (Å²) in [7, 11) is 0. The van der Waals surface area contributed by atoms with Crippen molar-refractivity contribution < 1.29 is 14.6 Å². The van der Waals surface area contributed by atoms with Crippen molar-refractivity contribution in [1.29, 1.82) is 0 Å². The maximum Gasteiger partial charge on any atom is 0.106 e. The minimum absolute atomic E-state index is 0.185. The first kappa shape index (κ1) is 10.2. The normalized spacial score (nSPS) is 10.2. The Labute approximate surface area is 65.9 Å². The van der Waals surface area contributed by atoms with Gasteiger partial charge in [-0.05, 0) is 0 Å². The van der Waals surface area contributed by atoms with Gasteiger partial charge in [-0.1, -0.05) is 0 Å². The van der Waals surface area contributed by atoms with Crippen LogP contribution in [0.15, 0.2) is 0 Å². The third-order valence-electron chi connectivity index (χ3n) is 0.821. The molecule has 0 aromatic rings. The maximum atomic E-state index is 9.83. The molecule has 10 heavy (non-hydrogen) atoms. The molecule has 0 bridgehead atoms. The summed E-state index contributed by atoms with van der Waals surface area (Å²) >= 11 is 5.33. The van der Waals surface area contributed by atoms with Gasteiger partial charge >= 0.3 is 0 Å². The van der Waals surface area contributed by atoms with Crippen LogP contribution in [-0.2, 0) is 14.6 Å². The lowest BCUT2D eigenvalue weighted by Gasteiger charge is -2.01. The predicted octanol–water partition coefficient (Wildman–Crippen LogP) is 0.689. The zero-order valence-corrected chi connectivity index (χ0v) is 6.60. The molecule has 3 nitrogen and oxygen atoms in total. The molecule has 61 valence electrons. The Bertz CT molecular complexity index is 53.0. The van der Waals surface area contributed by atoms with Gasteiger partial charge in [0.1, 0.15) is 6.61 Å². The van der Waals surface area contributed by atoms with Gasteiger partial charge in [-0.25, -0.2) is 5.11 Å². The Morgan fingerprint density at radius 1 is 1.00 bits per heavy atom. The monoisotopic (exact) mass is 167 g/mol. The second kappa shape index (κ2) is 9.17. The Balaban J connectivity index is 2.65. The molecule has 0 rings (SSSR count). The fraction of sp³-hybridized carbons (Fsp3) is 1.00. The number of alkyl halides is 1. The number of ether oxygens (including phenoxy) is 2. The summed E-state index contributed by atoms with van der Waals surface area (Å²) in [4.78, 5) is 0. The number of hydrogen-bond donors (Lipinski definition) is 0. The van der Waals surface area contributed by atoms with E-state index in [-0.39, 0.29) is 13.2 Å². The van der Waals surface area contributed by atoms with Crippen LogP contribution in [0.5, 0.6) is 0 Å². The standard InChI is InChI=1S/C6H12ClO3/c7-1-3-9-5-6-10-4-2-8/h1-6H2. The molecule has 0 aromatic carbocycles. The summed E-state index contributed by atoms with van der Waals surface area (Å²) < 4.78 is 9.82. The summed E-state index contributed by atoms with van der Waals surface area (Å²) in [6, 6.07) is 0. The van der Waals surface area contributed by atoms with E-state index in [1.54, 1.807) is 0 Å². The molecule has 0 heterocycles. The van der Waals surface area contributed by atoms with Crippen molar-refractivity contribution in [3.8, 4) is 0 Å². The van der Waals surface area contributed by atoms with Crippen molar-refractivity contribution >= 4 is 11.6 Å². The average Bonchev–Trinajstić information content (AvgIpc) is 1.97. The van der Waals surface area contributed by atoms with Gasteiger partial charge in [0.15, 0.2) is 0 Å². The molecule has 0 fully saturated rings. The van der Waals surface area contributed by atoms with E-state index in [0.29, 0.717) is 25.7 Å². The van der Waals surface area contributed by atoms with E-state index in [9.17, 15) is 5.11 Å². The van der Waals surface area contributed by atoms with Crippen LogP contribution in [0.25, 0.3) is 0 Å². The SMILES string of the molecule is [O]CCOCCOCCCl. The lowest BCUT2D eigenvalue weighted by atomic mass is 10.7. The van der Waals surface area contributed by atoms with Crippen LogP contribution in [0.1, 0.15) is 0 Å². The smallest absolute Gasteiger partial charge is 0.106 e. The van der Waals surface area contributed by atoms with Crippen molar-refractivity contribution in [3.63, 3.8) is 0 Å². The van der Waals surface area contributed by atoms with Gasteiger partial charge in [0.25, 0.3) is 0 Å². The van der Waals surface area contributed by atoms with Gasteiger partial charge in [-0.15, -0.1) is 11.6 Å². The molecule has 4 heteroatoms. The van der Waals surface area contributed by atoms with Crippen molar-refractivity contribution in [2.75, 3.05) is 38.9 Å². The largest absolute Gasteiger partial charge is 0.378 e. The van der Waals surface area contributed by atoms with E-state index in [0.717, 1.165) is 0 Å². The molecule has 0 unspecified atom stereocenters. The van der Waals surface area contributed by atoms with Gasteiger partial charge in [0.2, 0.25) is 0 Å². The Hall–Kier alpha value is 0.170. The van der Waals surface area contributed by atoms with Crippen LogP contribution in [0.4, 0.5) is 0 Å². The van der Waals surface area contributed by atoms with Crippen LogP contribution < -0.4 is 0 Å². The summed E-state index contributed by atoms with van der Waals surface area (Å²) in [5.74, 6) is 0.502. The highest BCUT2D eigenvalue weighted by Crippen LogP contribution is 1.80. The van der Waals surface area contributed by atoms with E-state index < -0.39 is 0 Å². The predicted molar refractivity (Wildman–Crippen MR) is 37.9 cm³/mol. The Morgan fingerprint density at radius 2 is 1.60 bits per heavy atom. The topological polar surface area (TPSA) is 38.4 Å². The highest BCUT2D eigenvalue weighted by atomic mass is 35.5. The van der Waals surface area contributed by atoms with E-state index in [1.807, 2.05) is 0 Å². The van der Waals surface area contributed by atoms with Crippen LogP contribution >= 0.6 is 11.6 Å². The maximum absolute atomic E-state index is 9.83. The second-order valence-electron chi connectivity index (χ2n) is 1.62. The molecule has 0 atom stereocenters. The molecule has 0 aliphatic heterocycles. The van der Waals surface area contributed by atoms with Gasteiger partial charge in [-0.2, -0.15) is 0 Å². The Kier molecular flexibility index (Phi) is 9.33. The third kappa shape index (κ3) is 8.17. The van der Waals surface area contributed by atoms with Gasteiger partial charge < -0.3 is 9.47 Å². The lowest BCUT2D eigenvalue weighted by Crippen LogP contribution is -2.07. The van der Waals surface area contributed by atoms with E-state index in [4.69, 9.17) is 21.1 Å². The molecule has 0 aliphatic rings. The third-order valence-corrected chi connectivity index (χ3v) is 0.975. The number of halogens is 1. The number of rotatable bonds is 7. The van der Waals surface area contributed by atoms with Crippen molar-refractivity contribution in [2.24, 2.45) is 0 Å². The van der Waals surface area contributed by atoms with Crippen LogP contribution in [0, 0.1) is 0 Å². The van der Waals surface area contributed by atoms with Crippen LogP contribution in [-0.4, -0.2) is 38.9 Å². The summed E-state index contributed by atoms with van der Waals surface area (Å²) in [5.41, 5.74) is 0. The van der Waals surface area contributed by atoms with Crippen LogP contribution in [0.2, 0.25) is 0 Å². The first-order chi connectivity index (χ1) is 4.91. The van der Waals surface area contributed by atoms with Crippen LogP contribution in [0.3, 0.4) is 0 Å². The fourth-order valence-corrected chi connectivity index (χ4v) is 0.545. The zero-order chi connectivity index (χ0) is 7.66. The van der Waals surface area contributed by atoms with E-state index in [2.05, 4.69) is 0 Å². The van der Waals surface area contributed by atoms with Gasteiger partial charge in [0.05, 0.1) is 26.4 Å². The summed E-state index contributed by atoms with van der Waals surface area (Å²) in [6.07, 6.45) is 0. The minimum atomic E-state index is -0.185. The summed E-state index contributed by atoms with van der Waals surface area (Å²) in [5, 5.41) is 9.83.